The Labute approximate surface area is 92.4 Å². The highest BCUT2D eigenvalue weighted by atomic mass is 32.2. The van der Waals surface area contributed by atoms with Gasteiger partial charge >= 0.3 is 0 Å². The van der Waals surface area contributed by atoms with Gasteiger partial charge in [0.05, 0.1) is 0 Å². The molecule has 1 saturated carbocycles. The third-order valence-corrected chi connectivity index (χ3v) is 5.24. The molecule has 2 aliphatic rings. The monoisotopic (exact) mass is 213 g/mol. The Morgan fingerprint density at radius 3 is 2.71 bits per heavy atom. The lowest BCUT2D eigenvalue weighted by atomic mass is 9.92. The predicted octanol–water partition coefficient (Wildman–Crippen LogP) is 2.91. The number of hydrogen-bond donors (Lipinski definition) is 1. The summed E-state index contributed by atoms with van der Waals surface area (Å²) in [6.07, 6.45) is 5.73. The van der Waals surface area contributed by atoms with E-state index in [-0.39, 0.29) is 0 Å². The molecule has 0 amide bonds. The van der Waals surface area contributed by atoms with E-state index in [9.17, 15) is 0 Å². The zero-order valence-electron chi connectivity index (χ0n) is 9.51. The molecule has 2 fully saturated rings. The van der Waals surface area contributed by atoms with Gasteiger partial charge in [0.15, 0.2) is 0 Å². The first-order chi connectivity index (χ1) is 6.73. The molecule has 0 spiro atoms. The molecule has 0 aromatic carbocycles. The average molecular weight is 213 g/mol. The summed E-state index contributed by atoms with van der Waals surface area (Å²) in [6.45, 7) is 6.03. The van der Waals surface area contributed by atoms with E-state index in [1.807, 2.05) is 0 Å². The maximum absolute atomic E-state index is 3.78. The fraction of sp³-hybridized carbons (Fsp3) is 1.00. The quantitative estimate of drug-likeness (QED) is 0.770. The zero-order valence-corrected chi connectivity index (χ0v) is 10.3. The minimum Gasteiger partial charge on any atom is -0.313 e. The molecule has 14 heavy (non-hydrogen) atoms. The fourth-order valence-electron chi connectivity index (χ4n) is 2.37. The second kappa shape index (κ2) is 4.44. The highest BCUT2D eigenvalue weighted by molar-refractivity contribution is 7.99. The Morgan fingerprint density at radius 2 is 2.21 bits per heavy atom. The third kappa shape index (κ3) is 2.46. The van der Waals surface area contributed by atoms with Gasteiger partial charge in [0.25, 0.3) is 0 Å². The summed E-state index contributed by atoms with van der Waals surface area (Å²) in [6, 6.07) is 0.810. The SMILES string of the molecule is CC(C)C1(CNC2CCCSC2)CC1. The van der Waals surface area contributed by atoms with Crippen LogP contribution in [0.2, 0.25) is 0 Å². The predicted molar refractivity (Wildman–Crippen MR) is 64.9 cm³/mol. The second-order valence-corrected chi connectivity index (χ2v) is 6.46. The van der Waals surface area contributed by atoms with Crippen LogP contribution in [-0.4, -0.2) is 24.1 Å². The van der Waals surface area contributed by atoms with Crippen LogP contribution in [0.25, 0.3) is 0 Å². The third-order valence-electron chi connectivity index (χ3n) is 4.02. The fourth-order valence-corrected chi connectivity index (χ4v) is 3.47. The van der Waals surface area contributed by atoms with Gasteiger partial charge in [-0.15, -0.1) is 0 Å². The molecule has 1 N–H and O–H groups in total. The lowest BCUT2D eigenvalue weighted by Gasteiger charge is -2.27. The van der Waals surface area contributed by atoms with Crippen LogP contribution in [0.1, 0.15) is 39.5 Å². The summed E-state index contributed by atoms with van der Waals surface area (Å²) in [5, 5.41) is 3.78. The van der Waals surface area contributed by atoms with Crippen LogP contribution in [0.5, 0.6) is 0 Å². The Hall–Kier alpha value is 0.310. The van der Waals surface area contributed by atoms with Gasteiger partial charge < -0.3 is 5.32 Å². The van der Waals surface area contributed by atoms with Crippen molar-refractivity contribution in [3.63, 3.8) is 0 Å². The molecule has 1 atom stereocenters. The van der Waals surface area contributed by atoms with Crippen molar-refractivity contribution in [3.8, 4) is 0 Å². The maximum Gasteiger partial charge on any atom is 0.0158 e. The van der Waals surface area contributed by atoms with Gasteiger partial charge in [-0.1, -0.05) is 13.8 Å². The van der Waals surface area contributed by atoms with Crippen LogP contribution in [0.4, 0.5) is 0 Å². The van der Waals surface area contributed by atoms with Crippen molar-refractivity contribution in [2.75, 3.05) is 18.1 Å². The van der Waals surface area contributed by atoms with Crippen LogP contribution < -0.4 is 5.32 Å². The Kier molecular flexibility index (Phi) is 3.43. The standard InChI is InChI=1S/C12H23NS/c1-10(2)12(5-6-12)9-13-11-4-3-7-14-8-11/h10-11,13H,3-9H2,1-2H3. The largest absolute Gasteiger partial charge is 0.313 e. The van der Waals surface area contributed by atoms with Crippen LogP contribution in [0.3, 0.4) is 0 Å². The number of hydrogen-bond acceptors (Lipinski definition) is 2. The molecule has 1 aliphatic carbocycles. The van der Waals surface area contributed by atoms with Gasteiger partial charge in [-0.3, -0.25) is 0 Å². The second-order valence-electron chi connectivity index (χ2n) is 5.31. The summed E-state index contributed by atoms with van der Waals surface area (Å²) < 4.78 is 0. The number of thioether (sulfide) groups is 1. The summed E-state index contributed by atoms with van der Waals surface area (Å²) in [5.74, 6) is 3.59. The van der Waals surface area contributed by atoms with Crippen molar-refractivity contribution in [3.05, 3.63) is 0 Å². The van der Waals surface area contributed by atoms with Crippen molar-refractivity contribution < 1.29 is 0 Å². The molecule has 2 rings (SSSR count). The van der Waals surface area contributed by atoms with Crippen molar-refractivity contribution in [2.24, 2.45) is 11.3 Å². The number of rotatable bonds is 4. The van der Waals surface area contributed by atoms with Crippen LogP contribution in [0.15, 0.2) is 0 Å². The minimum atomic E-state index is 0.683. The maximum atomic E-state index is 3.78. The molecular formula is C12H23NS. The Bertz CT molecular complexity index is 181. The molecule has 82 valence electrons. The highest BCUT2D eigenvalue weighted by Gasteiger charge is 2.45. The lowest BCUT2D eigenvalue weighted by Crippen LogP contribution is -2.38. The summed E-state index contributed by atoms with van der Waals surface area (Å²) in [5.41, 5.74) is 0.683. The van der Waals surface area contributed by atoms with E-state index in [4.69, 9.17) is 0 Å². The first kappa shape index (κ1) is 10.8. The zero-order chi connectivity index (χ0) is 10.0. The van der Waals surface area contributed by atoms with E-state index in [1.165, 1.54) is 43.7 Å². The molecule has 1 unspecified atom stereocenters. The summed E-state index contributed by atoms with van der Waals surface area (Å²) in [4.78, 5) is 0. The van der Waals surface area contributed by atoms with Crippen molar-refractivity contribution in [1.82, 2.24) is 5.32 Å². The normalized spacial score (nSPS) is 30.6. The molecule has 0 bridgehead atoms. The van der Waals surface area contributed by atoms with Crippen LogP contribution in [-0.2, 0) is 0 Å². The summed E-state index contributed by atoms with van der Waals surface area (Å²) >= 11 is 2.12. The first-order valence-electron chi connectivity index (χ1n) is 6.04. The topological polar surface area (TPSA) is 12.0 Å². The van der Waals surface area contributed by atoms with Crippen molar-refractivity contribution >= 4 is 11.8 Å². The van der Waals surface area contributed by atoms with Crippen molar-refractivity contribution in [1.29, 1.82) is 0 Å². The first-order valence-corrected chi connectivity index (χ1v) is 7.19. The highest BCUT2D eigenvalue weighted by Crippen LogP contribution is 2.51. The van der Waals surface area contributed by atoms with Gasteiger partial charge in [0, 0.05) is 18.3 Å². The van der Waals surface area contributed by atoms with E-state index < -0.39 is 0 Å². The average Bonchev–Trinajstić information content (AvgIpc) is 2.97. The van der Waals surface area contributed by atoms with Gasteiger partial charge in [0.2, 0.25) is 0 Å². The van der Waals surface area contributed by atoms with Crippen LogP contribution in [0, 0.1) is 11.3 Å². The minimum absolute atomic E-state index is 0.683. The smallest absolute Gasteiger partial charge is 0.0158 e. The molecule has 0 aromatic rings. The van der Waals surface area contributed by atoms with E-state index in [0.717, 1.165) is 12.0 Å². The van der Waals surface area contributed by atoms with Gasteiger partial charge in [-0.05, 0) is 42.8 Å². The van der Waals surface area contributed by atoms with Gasteiger partial charge in [-0.2, -0.15) is 11.8 Å². The Balaban J connectivity index is 1.71. The Morgan fingerprint density at radius 1 is 1.43 bits per heavy atom. The molecule has 1 saturated heterocycles. The number of nitrogens with one attached hydrogen (secondary N) is 1. The molecule has 0 aromatic heterocycles. The van der Waals surface area contributed by atoms with E-state index in [0.29, 0.717) is 5.41 Å². The van der Waals surface area contributed by atoms with Gasteiger partial charge in [0.1, 0.15) is 0 Å². The molecule has 0 radical (unpaired) electrons. The molecular weight excluding hydrogens is 190 g/mol. The van der Waals surface area contributed by atoms with E-state index >= 15 is 0 Å². The van der Waals surface area contributed by atoms with Crippen molar-refractivity contribution in [2.45, 2.75) is 45.6 Å². The van der Waals surface area contributed by atoms with E-state index in [2.05, 4.69) is 30.9 Å². The molecule has 2 heteroatoms. The van der Waals surface area contributed by atoms with Crippen LogP contribution >= 0.6 is 11.8 Å². The summed E-state index contributed by atoms with van der Waals surface area (Å²) in [7, 11) is 0. The molecule has 1 aliphatic heterocycles. The van der Waals surface area contributed by atoms with E-state index in [1.54, 1.807) is 0 Å². The van der Waals surface area contributed by atoms with Gasteiger partial charge in [-0.25, -0.2) is 0 Å². The molecule has 1 heterocycles. The lowest BCUT2D eigenvalue weighted by molar-refractivity contribution is 0.319. The molecule has 1 nitrogen and oxygen atoms in total.